The minimum Gasteiger partial charge on any atom is -0.452 e. The number of benzene rings is 1. The lowest BCUT2D eigenvalue weighted by atomic mass is 10.2. The first-order chi connectivity index (χ1) is 8.16. The molecule has 0 aliphatic carbocycles. The van der Waals surface area contributed by atoms with E-state index in [4.69, 9.17) is 16.0 Å². The Labute approximate surface area is 122 Å². The van der Waals surface area contributed by atoms with E-state index in [-0.39, 0.29) is 0 Å². The van der Waals surface area contributed by atoms with Gasteiger partial charge in [-0.15, -0.1) is 0 Å². The van der Waals surface area contributed by atoms with Gasteiger partial charge >= 0.3 is 0 Å². The Morgan fingerprint density at radius 1 is 1.18 bits per heavy atom. The lowest BCUT2D eigenvalue weighted by molar-refractivity contribution is 0.464. The van der Waals surface area contributed by atoms with Crippen molar-refractivity contribution in [3.63, 3.8) is 0 Å². The first-order valence-electron chi connectivity index (χ1n) is 5.04. The van der Waals surface area contributed by atoms with Gasteiger partial charge in [0.1, 0.15) is 5.76 Å². The second kappa shape index (κ2) is 6.05. The predicted octanol–water partition coefficient (Wildman–Crippen LogP) is 4.75. The van der Waals surface area contributed by atoms with Gasteiger partial charge in [0.2, 0.25) is 0 Å². The van der Waals surface area contributed by atoms with Crippen LogP contribution in [0, 0.1) is 0 Å². The normalized spacial score (nSPS) is 10.8. The van der Waals surface area contributed by atoms with Gasteiger partial charge in [0.25, 0.3) is 0 Å². The van der Waals surface area contributed by atoms with Crippen molar-refractivity contribution >= 4 is 43.5 Å². The summed E-state index contributed by atoms with van der Waals surface area (Å²) < 4.78 is 7.09. The second-order valence-electron chi connectivity index (χ2n) is 3.53. The zero-order valence-corrected chi connectivity index (χ0v) is 12.8. The highest BCUT2D eigenvalue weighted by Crippen LogP contribution is 2.26. The molecule has 0 saturated carbocycles. The molecule has 1 heterocycles. The molecule has 2 aromatic rings. The molecular formula is C12H10Br2ClNO. The third kappa shape index (κ3) is 3.58. The van der Waals surface area contributed by atoms with Crippen LogP contribution in [0.15, 0.2) is 43.9 Å². The molecule has 0 atom stereocenters. The van der Waals surface area contributed by atoms with Crippen molar-refractivity contribution in [1.82, 2.24) is 5.32 Å². The molecule has 0 radical (unpaired) electrons. The molecule has 2 rings (SSSR count). The Morgan fingerprint density at radius 3 is 2.59 bits per heavy atom. The van der Waals surface area contributed by atoms with E-state index < -0.39 is 0 Å². The molecule has 0 aliphatic heterocycles. The highest BCUT2D eigenvalue weighted by atomic mass is 79.9. The van der Waals surface area contributed by atoms with Gasteiger partial charge in [-0.3, -0.25) is 0 Å². The zero-order chi connectivity index (χ0) is 12.3. The summed E-state index contributed by atoms with van der Waals surface area (Å²) in [6.45, 7) is 1.38. The Hall–Kier alpha value is -0.290. The van der Waals surface area contributed by atoms with Gasteiger partial charge in [0, 0.05) is 11.6 Å². The van der Waals surface area contributed by atoms with Crippen LogP contribution in [0.4, 0.5) is 0 Å². The molecule has 0 bridgehead atoms. The van der Waals surface area contributed by atoms with Crippen molar-refractivity contribution in [2.45, 2.75) is 13.1 Å². The fourth-order valence-corrected chi connectivity index (χ4v) is 2.30. The van der Waals surface area contributed by atoms with Crippen molar-refractivity contribution in [1.29, 1.82) is 0 Å². The standard InChI is InChI=1S/C12H10Br2ClNO/c13-10-5-9(17-12(10)14)7-16-6-8-3-1-2-4-11(8)15/h1-5,16H,6-7H2. The molecule has 1 aromatic carbocycles. The largest absolute Gasteiger partial charge is 0.452 e. The number of rotatable bonds is 4. The summed E-state index contributed by atoms with van der Waals surface area (Å²) in [5.74, 6) is 0.871. The van der Waals surface area contributed by atoms with Crippen LogP contribution in [0.2, 0.25) is 5.02 Å². The van der Waals surface area contributed by atoms with Crippen LogP contribution in [0.1, 0.15) is 11.3 Å². The lowest BCUT2D eigenvalue weighted by Crippen LogP contribution is -2.12. The minimum absolute atomic E-state index is 0.662. The Morgan fingerprint density at radius 2 is 1.94 bits per heavy atom. The third-order valence-corrected chi connectivity index (χ3v) is 4.35. The van der Waals surface area contributed by atoms with E-state index in [2.05, 4.69) is 37.2 Å². The van der Waals surface area contributed by atoms with Crippen molar-refractivity contribution in [3.05, 3.63) is 55.8 Å². The van der Waals surface area contributed by atoms with Gasteiger partial charge in [0.05, 0.1) is 11.0 Å². The number of hydrogen-bond acceptors (Lipinski definition) is 2. The van der Waals surface area contributed by atoms with Gasteiger partial charge in [-0.25, -0.2) is 0 Å². The SMILES string of the molecule is Clc1ccccc1CNCc1cc(Br)c(Br)o1. The summed E-state index contributed by atoms with van der Waals surface area (Å²) in [6.07, 6.45) is 0. The number of halogens is 3. The maximum absolute atomic E-state index is 6.06. The topological polar surface area (TPSA) is 25.2 Å². The van der Waals surface area contributed by atoms with Gasteiger partial charge in [0.15, 0.2) is 4.67 Å². The molecule has 2 nitrogen and oxygen atoms in total. The maximum atomic E-state index is 6.06. The molecule has 0 amide bonds. The predicted molar refractivity (Wildman–Crippen MR) is 76.1 cm³/mol. The molecule has 1 aromatic heterocycles. The summed E-state index contributed by atoms with van der Waals surface area (Å²) >= 11 is 12.7. The molecule has 0 aliphatic rings. The summed E-state index contributed by atoms with van der Waals surface area (Å²) in [4.78, 5) is 0. The number of hydrogen-bond donors (Lipinski definition) is 1. The van der Waals surface area contributed by atoms with Gasteiger partial charge in [-0.05, 0) is 49.6 Å². The highest BCUT2D eigenvalue weighted by Gasteiger charge is 2.05. The van der Waals surface area contributed by atoms with Gasteiger partial charge in [-0.2, -0.15) is 0 Å². The Kier molecular flexibility index (Phi) is 4.68. The molecule has 0 fully saturated rings. The lowest BCUT2D eigenvalue weighted by Gasteiger charge is -2.04. The van der Waals surface area contributed by atoms with Crippen LogP contribution in [-0.4, -0.2) is 0 Å². The maximum Gasteiger partial charge on any atom is 0.183 e. The van der Waals surface area contributed by atoms with E-state index in [0.717, 1.165) is 27.4 Å². The smallest absolute Gasteiger partial charge is 0.183 e. The van der Waals surface area contributed by atoms with Crippen LogP contribution in [0.3, 0.4) is 0 Å². The number of furan rings is 1. The average molecular weight is 379 g/mol. The van der Waals surface area contributed by atoms with Crippen molar-refractivity contribution in [2.75, 3.05) is 0 Å². The highest BCUT2D eigenvalue weighted by molar-refractivity contribution is 9.13. The summed E-state index contributed by atoms with van der Waals surface area (Å²) in [5, 5.41) is 4.06. The fourth-order valence-electron chi connectivity index (χ4n) is 1.44. The molecular weight excluding hydrogens is 369 g/mol. The first kappa shape index (κ1) is 13.1. The van der Waals surface area contributed by atoms with Crippen molar-refractivity contribution < 1.29 is 4.42 Å². The molecule has 17 heavy (non-hydrogen) atoms. The first-order valence-corrected chi connectivity index (χ1v) is 7.01. The van der Waals surface area contributed by atoms with Crippen LogP contribution < -0.4 is 5.32 Å². The van der Waals surface area contributed by atoms with E-state index in [9.17, 15) is 0 Å². The summed E-state index contributed by atoms with van der Waals surface area (Å²) in [7, 11) is 0. The quantitative estimate of drug-likeness (QED) is 0.829. The van der Waals surface area contributed by atoms with Crippen LogP contribution in [0.25, 0.3) is 0 Å². The van der Waals surface area contributed by atoms with E-state index in [0.29, 0.717) is 11.2 Å². The summed E-state index contributed by atoms with van der Waals surface area (Å²) in [6, 6.07) is 9.72. The second-order valence-corrected chi connectivity index (χ2v) is 5.51. The summed E-state index contributed by atoms with van der Waals surface area (Å²) in [5.41, 5.74) is 1.08. The average Bonchev–Trinajstić information content (AvgIpc) is 2.61. The monoisotopic (exact) mass is 377 g/mol. The van der Waals surface area contributed by atoms with Crippen molar-refractivity contribution in [2.24, 2.45) is 0 Å². The third-order valence-electron chi connectivity index (χ3n) is 2.27. The van der Waals surface area contributed by atoms with E-state index in [1.807, 2.05) is 30.3 Å². The van der Waals surface area contributed by atoms with E-state index in [1.165, 1.54) is 0 Å². The molecule has 1 N–H and O–H groups in total. The van der Waals surface area contributed by atoms with Gasteiger partial charge in [-0.1, -0.05) is 29.8 Å². The van der Waals surface area contributed by atoms with E-state index >= 15 is 0 Å². The molecule has 5 heteroatoms. The van der Waals surface area contributed by atoms with Crippen LogP contribution in [0.5, 0.6) is 0 Å². The minimum atomic E-state index is 0.662. The molecule has 0 unspecified atom stereocenters. The Balaban J connectivity index is 1.90. The van der Waals surface area contributed by atoms with Gasteiger partial charge < -0.3 is 9.73 Å². The van der Waals surface area contributed by atoms with E-state index in [1.54, 1.807) is 0 Å². The zero-order valence-electron chi connectivity index (χ0n) is 8.84. The molecule has 0 spiro atoms. The fraction of sp³-hybridized carbons (Fsp3) is 0.167. The van der Waals surface area contributed by atoms with Crippen molar-refractivity contribution in [3.8, 4) is 0 Å². The molecule has 90 valence electrons. The number of nitrogens with one attached hydrogen (secondary N) is 1. The van der Waals surface area contributed by atoms with Crippen LogP contribution >= 0.6 is 43.5 Å². The van der Waals surface area contributed by atoms with Crippen LogP contribution in [-0.2, 0) is 13.1 Å². The molecule has 0 saturated heterocycles. The Bertz CT molecular complexity index is 493.